The topological polar surface area (TPSA) is 68.3 Å². The van der Waals surface area contributed by atoms with Crippen LogP contribution in [-0.4, -0.2) is 24.0 Å². The molecule has 0 atom stereocenters. The normalized spacial score (nSPS) is 10.0. The third-order valence-electron chi connectivity index (χ3n) is 2.85. The monoisotopic (exact) mass is 304 g/mol. The summed E-state index contributed by atoms with van der Waals surface area (Å²) in [6, 6.07) is 6.59. The van der Waals surface area contributed by atoms with E-state index in [4.69, 9.17) is 16.3 Å². The Morgan fingerprint density at radius 1 is 1.24 bits per heavy atom. The Morgan fingerprint density at radius 3 is 2.67 bits per heavy atom. The van der Waals surface area contributed by atoms with Crippen molar-refractivity contribution in [3.63, 3.8) is 0 Å². The minimum atomic E-state index is -0.519. The highest BCUT2D eigenvalue weighted by molar-refractivity contribution is 6.34. The van der Waals surface area contributed by atoms with Crippen LogP contribution in [0.3, 0.4) is 0 Å². The number of carbonyl (C=O) groups excluding carboxylic acids is 2. The Hall–Kier alpha value is -2.40. The molecule has 0 fully saturated rings. The van der Waals surface area contributed by atoms with Crippen LogP contribution in [0.15, 0.2) is 36.7 Å². The second-order valence-corrected chi connectivity index (χ2v) is 4.76. The average Bonchev–Trinajstić information content (AvgIpc) is 2.48. The molecule has 1 amide bonds. The molecule has 21 heavy (non-hydrogen) atoms. The van der Waals surface area contributed by atoms with E-state index in [0.29, 0.717) is 5.69 Å². The fourth-order valence-electron chi connectivity index (χ4n) is 1.79. The molecule has 5 nitrogen and oxygen atoms in total. The van der Waals surface area contributed by atoms with Crippen molar-refractivity contribution >= 4 is 29.2 Å². The number of amides is 1. The van der Waals surface area contributed by atoms with Gasteiger partial charge in [-0.2, -0.15) is 0 Å². The number of nitrogens with zero attached hydrogens (tertiary/aromatic N) is 1. The molecule has 0 saturated heterocycles. The molecule has 0 unspecified atom stereocenters. The van der Waals surface area contributed by atoms with Crippen LogP contribution in [0.1, 0.15) is 26.3 Å². The zero-order valence-electron chi connectivity index (χ0n) is 11.5. The van der Waals surface area contributed by atoms with E-state index >= 15 is 0 Å². The summed E-state index contributed by atoms with van der Waals surface area (Å²) in [4.78, 5) is 27.8. The maximum Gasteiger partial charge on any atom is 0.339 e. The first kappa shape index (κ1) is 15.0. The first-order valence-electron chi connectivity index (χ1n) is 6.12. The van der Waals surface area contributed by atoms with Crippen LogP contribution in [0.25, 0.3) is 0 Å². The van der Waals surface area contributed by atoms with Crippen molar-refractivity contribution in [3.05, 3.63) is 58.4 Å². The predicted molar refractivity (Wildman–Crippen MR) is 79.7 cm³/mol. The highest BCUT2D eigenvalue weighted by Gasteiger charge is 2.16. The molecule has 108 valence electrons. The summed E-state index contributed by atoms with van der Waals surface area (Å²) in [7, 11) is 1.29. The number of anilines is 1. The van der Waals surface area contributed by atoms with Gasteiger partial charge in [0.1, 0.15) is 0 Å². The van der Waals surface area contributed by atoms with Crippen LogP contribution in [0.2, 0.25) is 5.02 Å². The number of esters is 1. The Balaban J connectivity index is 2.34. The van der Waals surface area contributed by atoms with E-state index in [1.807, 2.05) is 6.92 Å². The summed E-state index contributed by atoms with van der Waals surface area (Å²) in [6.07, 6.45) is 2.85. The van der Waals surface area contributed by atoms with Crippen LogP contribution in [0.4, 0.5) is 5.69 Å². The number of halogens is 1. The number of carbonyl (C=O) groups is 2. The van der Waals surface area contributed by atoms with Gasteiger partial charge in [-0.3, -0.25) is 9.78 Å². The smallest absolute Gasteiger partial charge is 0.339 e. The summed E-state index contributed by atoms with van der Waals surface area (Å²) >= 11 is 5.93. The molecule has 0 aliphatic rings. The largest absolute Gasteiger partial charge is 0.465 e. The standard InChI is InChI=1S/C15H13ClN2O3/c1-9-3-4-13(11(7-9)15(20)21-2)18-14(19)10-5-6-17-8-12(10)16/h3-8H,1-2H3,(H,18,19). The lowest BCUT2D eigenvalue weighted by molar-refractivity contribution is 0.0602. The molecule has 0 radical (unpaired) electrons. The predicted octanol–water partition coefficient (Wildman–Crippen LogP) is 3.08. The molecule has 0 bridgehead atoms. The number of nitrogens with one attached hydrogen (secondary N) is 1. The molecule has 0 spiro atoms. The van der Waals surface area contributed by atoms with Crippen LogP contribution in [-0.2, 0) is 4.74 Å². The number of benzene rings is 1. The summed E-state index contributed by atoms with van der Waals surface area (Å²) in [6.45, 7) is 1.85. The van der Waals surface area contributed by atoms with Gasteiger partial charge in [0.2, 0.25) is 0 Å². The van der Waals surface area contributed by atoms with Crippen molar-refractivity contribution in [1.29, 1.82) is 0 Å². The van der Waals surface area contributed by atoms with Gasteiger partial charge in [-0.25, -0.2) is 4.79 Å². The van der Waals surface area contributed by atoms with Crippen molar-refractivity contribution in [1.82, 2.24) is 4.98 Å². The molecule has 1 aromatic carbocycles. The molecule has 0 aliphatic heterocycles. The number of aryl methyl sites for hydroxylation is 1. The minimum absolute atomic E-state index is 0.238. The maximum absolute atomic E-state index is 12.2. The summed E-state index contributed by atoms with van der Waals surface area (Å²) < 4.78 is 4.72. The molecule has 6 heteroatoms. The van der Waals surface area contributed by atoms with Crippen LogP contribution in [0, 0.1) is 6.92 Å². The van der Waals surface area contributed by atoms with Crippen molar-refractivity contribution < 1.29 is 14.3 Å². The number of aromatic nitrogens is 1. The Morgan fingerprint density at radius 2 is 2.00 bits per heavy atom. The van der Waals surface area contributed by atoms with Gasteiger partial charge in [0, 0.05) is 12.4 Å². The molecule has 0 saturated carbocycles. The molecule has 1 aromatic heterocycles. The lowest BCUT2D eigenvalue weighted by Crippen LogP contribution is -2.16. The Labute approximate surface area is 126 Å². The molecule has 1 heterocycles. The SMILES string of the molecule is COC(=O)c1cc(C)ccc1NC(=O)c1ccncc1Cl. The fraction of sp³-hybridized carbons (Fsp3) is 0.133. The lowest BCUT2D eigenvalue weighted by Gasteiger charge is -2.11. The van der Waals surface area contributed by atoms with Crippen LogP contribution in [0.5, 0.6) is 0 Å². The third-order valence-corrected chi connectivity index (χ3v) is 3.15. The Kier molecular flexibility index (Phi) is 4.55. The van der Waals surface area contributed by atoms with Crippen LogP contribution >= 0.6 is 11.6 Å². The summed E-state index contributed by atoms with van der Waals surface area (Å²) in [5.41, 5.74) is 1.82. The number of hydrogen-bond donors (Lipinski definition) is 1. The fourth-order valence-corrected chi connectivity index (χ4v) is 2.00. The molecule has 2 aromatic rings. The van der Waals surface area contributed by atoms with Gasteiger partial charge < -0.3 is 10.1 Å². The van der Waals surface area contributed by atoms with Crippen LogP contribution < -0.4 is 5.32 Å². The molecule has 1 N–H and O–H groups in total. The van der Waals surface area contributed by atoms with E-state index in [1.54, 1.807) is 18.2 Å². The van der Waals surface area contributed by atoms with Gasteiger partial charge in [0.25, 0.3) is 5.91 Å². The second-order valence-electron chi connectivity index (χ2n) is 4.35. The number of rotatable bonds is 3. The highest BCUT2D eigenvalue weighted by Crippen LogP contribution is 2.21. The van der Waals surface area contributed by atoms with Gasteiger partial charge in [-0.05, 0) is 25.1 Å². The highest BCUT2D eigenvalue weighted by atomic mass is 35.5. The molecule has 2 rings (SSSR count). The van der Waals surface area contributed by atoms with E-state index in [2.05, 4.69) is 10.3 Å². The lowest BCUT2D eigenvalue weighted by atomic mass is 10.1. The van der Waals surface area contributed by atoms with Crippen molar-refractivity contribution in [3.8, 4) is 0 Å². The third kappa shape index (κ3) is 3.38. The quantitative estimate of drug-likeness (QED) is 0.885. The van der Waals surface area contributed by atoms with Gasteiger partial charge in [-0.15, -0.1) is 0 Å². The first-order chi connectivity index (χ1) is 10.0. The van der Waals surface area contributed by atoms with Gasteiger partial charge in [0.05, 0.1) is 28.9 Å². The average molecular weight is 305 g/mol. The number of pyridine rings is 1. The summed E-state index contributed by atoms with van der Waals surface area (Å²) in [5, 5.41) is 2.90. The van der Waals surface area contributed by atoms with E-state index in [9.17, 15) is 9.59 Å². The van der Waals surface area contributed by atoms with Gasteiger partial charge in [-0.1, -0.05) is 23.2 Å². The van der Waals surface area contributed by atoms with Gasteiger partial charge >= 0.3 is 5.97 Å². The number of ether oxygens (including phenoxy) is 1. The molecular weight excluding hydrogens is 292 g/mol. The minimum Gasteiger partial charge on any atom is -0.465 e. The zero-order chi connectivity index (χ0) is 15.4. The zero-order valence-corrected chi connectivity index (χ0v) is 12.3. The van der Waals surface area contributed by atoms with Gasteiger partial charge in [0.15, 0.2) is 0 Å². The van der Waals surface area contributed by atoms with Crippen molar-refractivity contribution in [2.75, 3.05) is 12.4 Å². The second kappa shape index (κ2) is 6.37. The number of hydrogen-bond acceptors (Lipinski definition) is 4. The first-order valence-corrected chi connectivity index (χ1v) is 6.50. The van der Waals surface area contributed by atoms with E-state index in [0.717, 1.165) is 5.56 Å². The number of methoxy groups -OCH3 is 1. The maximum atomic E-state index is 12.2. The molecular formula is C15H13ClN2O3. The van der Waals surface area contributed by atoms with E-state index in [1.165, 1.54) is 25.6 Å². The molecule has 0 aliphatic carbocycles. The van der Waals surface area contributed by atoms with Crippen molar-refractivity contribution in [2.24, 2.45) is 0 Å². The Bertz CT molecular complexity index is 701. The van der Waals surface area contributed by atoms with E-state index in [-0.39, 0.29) is 16.1 Å². The van der Waals surface area contributed by atoms with E-state index < -0.39 is 11.9 Å². The van der Waals surface area contributed by atoms with Crippen molar-refractivity contribution in [2.45, 2.75) is 6.92 Å². The summed E-state index contributed by atoms with van der Waals surface area (Å²) in [5.74, 6) is -0.939.